The number of unbranched alkanes of at least 4 members (excludes halogenated alkanes) is 1. The van der Waals surface area contributed by atoms with Crippen LogP contribution >= 0.6 is 12.6 Å². The summed E-state index contributed by atoms with van der Waals surface area (Å²) in [4.78, 5) is 12.4. The summed E-state index contributed by atoms with van der Waals surface area (Å²) < 4.78 is 0. The number of rotatable bonds is 6. The van der Waals surface area contributed by atoms with Crippen LogP contribution in [0.2, 0.25) is 0 Å². The molecule has 0 spiro atoms. The van der Waals surface area contributed by atoms with Crippen LogP contribution in [0.25, 0.3) is 0 Å². The number of ketones is 1. The minimum atomic E-state index is -0.337. The predicted octanol–water partition coefficient (Wildman–Crippen LogP) is 3.06. The average molecular weight is 245 g/mol. The first-order valence-electron chi connectivity index (χ1n) is 6.09. The molecule has 0 heterocycles. The van der Waals surface area contributed by atoms with Crippen LogP contribution in [0.3, 0.4) is 0 Å². The number of hydrogen-bond acceptors (Lipinski definition) is 3. The van der Waals surface area contributed by atoms with E-state index < -0.39 is 0 Å². The van der Waals surface area contributed by atoms with E-state index in [0.29, 0.717) is 12.3 Å². The van der Waals surface area contributed by atoms with Gasteiger partial charge in [0.25, 0.3) is 0 Å². The highest BCUT2D eigenvalue weighted by molar-refractivity contribution is 7.81. The van der Waals surface area contributed by atoms with Crippen molar-refractivity contribution in [3.05, 3.63) is 0 Å². The van der Waals surface area contributed by atoms with Crippen molar-refractivity contribution >= 4 is 18.4 Å². The van der Waals surface area contributed by atoms with E-state index in [2.05, 4.69) is 12.6 Å². The number of carbonyl (C=O) groups is 1. The molecule has 0 aromatic rings. The summed E-state index contributed by atoms with van der Waals surface area (Å²) in [5.41, 5.74) is 4.86. The Bertz CT molecular complexity index is 233. The Labute approximate surface area is 106 Å². The summed E-state index contributed by atoms with van der Waals surface area (Å²) in [6, 6.07) is 0. The molecule has 0 aliphatic carbocycles. The van der Waals surface area contributed by atoms with Gasteiger partial charge in [-0.05, 0) is 19.4 Å². The van der Waals surface area contributed by atoms with E-state index in [1.807, 2.05) is 34.6 Å². The topological polar surface area (TPSA) is 43.1 Å². The Morgan fingerprint density at radius 3 is 2.06 bits per heavy atom. The minimum Gasteiger partial charge on any atom is -0.330 e. The van der Waals surface area contributed by atoms with Gasteiger partial charge < -0.3 is 5.73 Å². The van der Waals surface area contributed by atoms with Crippen molar-refractivity contribution in [1.82, 2.24) is 0 Å². The number of hydrogen-bond donors (Lipinski definition) is 2. The second kappa shape index (κ2) is 6.06. The van der Waals surface area contributed by atoms with Gasteiger partial charge in [0.05, 0.1) is 0 Å². The van der Waals surface area contributed by atoms with Crippen molar-refractivity contribution < 1.29 is 4.79 Å². The normalized spacial score (nSPS) is 17.9. The van der Waals surface area contributed by atoms with Crippen LogP contribution in [0, 0.1) is 10.8 Å². The van der Waals surface area contributed by atoms with Crippen LogP contribution in [0.1, 0.15) is 53.9 Å². The SMILES string of the molecule is CC(S)C(C)(CCCCN)C(=O)C(C)(C)C. The maximum atomic E-state index is 12.4. The molecular formula is C13H27NOS. The fourth-order valence-electron chi connectivity index (χ4n) is 2.01. The molecule has 3 heteroatoms. The van der Waals surface area contributed by atoms with Gasteiger partial charge in [-0.25, -0.2) is 0 Å². The summed E-state index contributed by atoms with van der Waals surface area (Å²) in [6.07, 6.45) is 2.86. The van der Waals surface area contributed by atoms with Crippen molar-refractivity contribution in [3.8, 4) is 0 Å². The number of thiol groups is 1. The van der Waals surface area contributed by atoms with E-state index in [0.717, 1.165) is 19.3 Å². The second-order valence-electron chi connectivity index (χ2n) is 5.92. The first-order valence-corrected chi connectivity index (χ1v) is 6.61. The third kappa shape index (κ3) is 4.10. The van der Waals surface area contributed by atoms with Crippen molar-refractivity contribution in [2.75, 3.05) is 6.54 Å². The fourth-order valence-corrected chi connectivity index (χ4v) is 2.25. The molecule has 2 atom stereocenters. The Morgan fingerprint density at radius 1 is 1.25 bits per heavy atom. The van der Waals surface area contributed by atoms with Crippen LogP contribution in [0.4, 0.5) is 0 Å². The van der Waals surface area contributed by atoms with E-state index >= 15 is 0 Å². The Morgan fingerprint density at radius 2 is 1.75 bits per heavy atom. The summed E-state index contributed by atoms with van der Waals surface area (Å²) >= 11 is 4.50. The molecule has 2 nitrogen and oxygen atoms in total. The smallest absolute Gasteiger partial charge is 0.145 e. The Hall–Kier alpha value is -0.0200. The van der Waals surface area contributed by atoms with Crippen LogP contribution in [0.5, 0.6) is 0 Å². The third-order valence-electron chi connectivity index (χ3n) is 3.27. The van der Waals surface area contributed by atoms with E-state index in [4.69, 9.17) is 5.73 Å². The molecule has 96 valence electrons. The molecule has 0 aromatic carbocycles. The lowest BCUT2D eigenvalue weighted by Gasteiger charge is -2.37. The molecule has 0 amide bonds. The zero-order valence-electron chi connectivity index (χ0n) is 11.3. The van der Waals surface area contributed by atoms with Gasteiger partial charge in [0.1, 0.15) is 5.78 Å². The highest BCUT2D eigenvalue weighted by Gasteiger charge is 2.41. The maximum Gasteiger partial charge on any atom is 0.145 e. The average Bonchev–Trinajstić information content (AvgIpc) is 2.15. The molecule has 0 rings (SSSR count). The van der Waals surface area contributed by atoms with Gasteiger partial charge in [-0.3, -0.25) is 4.79 Å². The summed E-state index contributed by atoms with van der Waals surface area (Å²) in [5, 5.41) is 0.0806. The largest absolute Gasteiger partial charge is 0.330 e. The van der Waals surface area contributed by atoms with Crippen LogP contribution < -0.4 is 5.73 Å². The lowest BCUT2D eigenvalue weighted by atomic mass is 9.69. The number of nitrogens with two attached hydrogens (primary N) is 1. The van der Waals surface area contributed by atoms with E-state index in [-0.39, 0.29) is 16.1 Å². The second-order valence-corrected chi connectivity index (χ2v) is 6.69. The van der Waals surface area contributed by atoms with Crippen molar-refractivity contribution in [2.45, 2.75) is 59.1 Å². The van der Waals surface area contributed by atoms with Gasteiger partial charge in [-0.15, -0.1) is 0 Å². The summed E-state index contributed by atoms with van der Waals surface area (Å²) in [7, 11) is 0. The van der Waals surface area contributed by atoms with Crippen LogP contribution in [-0.2, 0) is 4.79 Å². The first-order chi connectivity index (χ1) is 7.16. The molecule has 0 aliphatic heterocycles. The molecule has 0 fully saturated rings. The van der Waals surface area contributed by atoms with E-state index in [1.165, 1.54) is 0 Å². The molecule has 2 unspecified atom stereocenters. The zero-order chi connectivity index (χ0) is 13.0. The van der Waals surface area contributed by atoms with Gasteiger partial charge in [-0.2, -0.15) is 12.6 Å². The third-order valence-corrected chi connectivity index (χ3v) is 3.84. The van der Waals surface area contributed by atoms with Crippen molar-refractivity contribution in [1.29, 1.82) is 0 Å². The molecule has 0 saturated heterocycles. The molecule has 16 heavy (non-hydrogen) atoms. The van der Waals surface area contributed by atoms with E-state index in [9.17, 15) is 4.79 Å². The quantitative estimate of drug-likeness (QED) is 0.558. The molecule has 2 N–H and O–H groups in total. The Balaban J connectivity index is 4.76. The van der Waals surface area contributed by atoms with Gasteiger partial charge in [-0.1, -0.05) is 41.0 Å². The molecule has 0 saturated carbocycles. The molecule has 0 bridgehead atoms. The highest BCUT2D eigenvalue weighted by atomic mass is 32.1. The van der Waals surface area contributed by atoms with Gasteiger partial charge in [0, 0.05) is 16.1 Å². The Kier molecular flexibility index (Phi) is 6.05. The van der Waals surface area contributed by atoms with Crippen molar-refractivity contribution in [3.63, 3.8) is 0 Å². The van der Waals surface area contributed by atoms with Crippen molar-refractivity contribution in [2.24, 2.45) is 16.6 Å². The number of carbonyl (C=O) groups excluding carboxylic acids is 1. The first kappa shape index (κ1) is 16.0. The zero-order valence-corrected chi connectivity index (χ0v) is 12.2. The lowest BCUT2D eigenvalue weighted by molar-refractivity contribution is -0.136. The highest BCUT2D eigenvalue weighted by Crippen LogP contribution is 2.38. The fraction of sp³-hybridized carbons (Fsp3) is 0.923. The molecule has 0 aromatic heterocycles. The summed E-state index contributed by atoms with van der Waals surface area (Å²) in [5.74, 6) is 0.305. The van der Waals surface area contributed by atoms with E-state index in [1.54, 1.807) is 0 Å². The number of Topliss-reactive ketones (excluding diaryl/α,β-unsaturated/α-hetero) is 1. The molecule has 0 aliphatic rings. The van der Waals surface area contributed by atoms with Gasteiger partial charge in [0.2, 0.25) is 0 Å². The molecular weight excluding hydrogens is 218 g/mol. The monoisotopic (exact) mass is 245 g/mol. The summed E-state index contributed by atoms with van der Waals surface area (Å²) in [6.45, 7) is 10.7. The van der Waals surface area contributed by atoms with Crippen LogP contribution in [-0.4, -0.2) is 17.6 Å². The van der Waals surface area contributed by atoms with Gasteiger partial charge >= 0.3 is 0 Å². The minimum absolute atomic E-state index is 0.0806. The predicted molar refractivity (Wildman–Crippen MR) is 73.9 cm³/mol. The van der Waals surface area contributed by atoms with Gasteiger partial charge in [0.15, 0.2) is 0 Å². The lowest BCUT2D eigenvalue weighted by Crippen LogP contribution is -2.42. The van der Waals surface area contributed by atoms with Crippen LogP contribution in [0.15, 0.2) is 0 Å². The molecule has 0 radical (unpaired) electrons. The maximum absolute atomic E-state index is 12.4. The standard InChI is InChI=1S/C13H27NOS/c1-10(16)13(5,8-6-7-9-14)11(15)12(2,3)4/h10,16H,6-9,14H2,1-5H3.